The summed E-state index contributed by atoms with van der Waals surface area (Å²) >= 11 is 0. The highest BCUT2D eigenvalue weighted by Gasteiger charge is 2.32. The van der Waals surface area contributed by atoms with Gasteiger partial charge in [-0.1, -0.05) is 0 Å². The zero-order valence-corrected chi connectivity index (χ0v) is 15.6. The lowest BCUT2D eigenvalue weighted by Crippen LogP contribution is -2.35. The maximum Gasteiger partial charge on any atom is 0.253 e. The largest absolute Gasteiger partial charge is 0.369 e. The third kappa shape index (κ3) is 3.71. The Hall–Kier alpha value is -2.04. The second-order valence-electron chi connectivity index (χ2n) is 8.28. The average molecular weight is 355 g/mol. The molecule has 3 heterocycles. The van der Waals surface area contributed by atoms with Crippen molar-refractivity contribution in [2.24, 2.45) is 11.8 Å². The Morgan fingerprint density at radius 1 is 0.923 bits per heavy atom. The van der Waals surface area contributed by atoms with E-state index in [0.29, 0.717) is 11.8 Å². The number of hydrogen-bond donors (Lipinski definition) is 1. The Morgan fingerprint density at radius 2 is 1.54 bits per heavy atom. The van der Waals surface area contributed by atoms with Crippen molar-refractivity contribution in [1.29, 1.82) is 0 Å². The number of amides is 2. The zero-order chi connectivity index (χ0) is 18.1. The number of carbonyl (C=O) groups is 2. The van der Waals surface area contributed by atoms with E-state index in [9.17, 15) is 9.59 Å². The summed E-state index contributed by atoms with van der Waals surface area (Å²) in [7, 11) is 0. The summed E-state index contributed by atoms with van der Waals surface area (Å²) in [6.07, 6.45) is 6.13. The van der Waals surface area contributed by atoms with Gasteiger partial charge >= 0.3 is 0 Å². The maximum atomic E-state index is 12.9. The highest BCUT2D eigenvalue weighted by atomic mass is 16.2. The number of carbonyl (C=O) groups excluding carboxylic acids is 2. The fourth-order valence-corrected chi connectivity index (χ4v) is 4.86. The third-order valence-corrected chi connectivity index (χ3v) is 6.29. The summed E-state index contributed by atoms with van der Waals surface area (Å²) in [5.74, 6) is 1.62. The minimum absolute atomic E-state index is 0.0317. The molecule has 3 aliphatic heterocycles. The first-order valence-electron chi connectivity index (χ1n) is 10.00. The molecular formula is C21H29N3O2. The van der Waals surface area contributed by atoms with E-state index in [4.69, 9.17) is 0 Å². The van der Waals surface area contributed by atoms with Gasteiger partial charge in [0.2, 0.25) is 5.91 Å². The topological polar surface area (TPSA) is 52.7 Å². The van der Waals surface area contributed by atoms with Crippen molar-refractivity contribution in [2.75, 3.05) is 31.1 Å². The van der Waals surface area contributed by atoms with Gasteiger partial charge in [-0.2, -0.15) is 0 Å². The SMILES string of the molecule is CC(=O)NC1CCN(c2ccc(C(=O)N3CC4CCC(CC4)C3)cc2)C1. The number of nitrogens with zero attached hydrogens (tertiary/aromatic N) is 2. The lowest BCUT2D eigenvalue weighted by molar-refractivity contribution is -0.119. The number of rotatable bonds is 3. The van der Waals surface area contributed by atoms with Gasteiger partial charge in [0, 0.05) is 50.4 Å². The van der Waals surface area contributed by atoms with Crippen molar-refractivity contribution in [2.45, 2.75) is 45.1 Å². The van der Waals surface area contributed by atoms with E-state index in [1.165, 1.54) is 25.7 Å². The van der Waals surface area contributed by atoms with Crippen LogP contribution in [0.25, 0.3) is 0 Å². The Kier molecular flexibility index (Phi) is 4.88. The van der Waals surface area contributed by atoms with Gasteiger partial charge in [0.1, 0.15) is 0 Å². The molecule has 5 rings (SSSR count). The molecule has 1 N–H and O–H groups in total. The van der Waals surface area contributed by atoms with Gasteiger partial charge in [0.15, 0.2) is 0 Å². The number of nitrogens with one attached hydrogen (secondary N) is 1. The van der Waals surface area contributed by atoms with Crippen LogP contribution in [-0.2, 0) is 4.79 Å². The third-order valence-electron chi connectivity index (χ3n) is 6.29. The Balaban J connectivity index is 1.40. The van der Waals surface area contributed by atoms with Crippen LogP contribution in [0.3, 0.4) is 0 Å². The summed E-state index contributed by atoms with van der Waals surface area (Å²) in [6.45, 7) is 5.21. The zero-order valence-electron chi connectivity index (χ0n) is 15.6. The van der Waals surface area contributed by atoms with Crippen molar-refractivity contribution in [1.82, 2.24) is 10.2 Å². The van der Waals surface area contributed by atoms with Gasteiger partial charge < -0.3 is 15.1 Å². The summed E-state index contributed by atoms with van der Waals surface area (Å²) in [4.78, 5) is 28.5. The van der Waals surface area contributed by atoms with Gasteiger partial charge in [-0.25, -0.2) is 0 Å². The van der Waals surface area contributed by atoms with Gasteiger partial charge in [0.05, 0.1) is 0 Å². The molecule has 1 saturated carbocycles. The number of fused-ring (bicyclic) bond motifs is 4. The lowest BCUT2D eigenvalue weighted by atomic mass is 9.84. The number of anilines is 1. The molecule has 0 spiro atoms. The molecule has 5 nitrogen and oxygen atoms in total. The smallest absolute Gasteiger partial charge is 0.253 e. The summed E-state index contributed by atoms with van der Waals surface area (Å²) in [5, 5.41) is 2.99. The van der Waals surface area contributed by atoms with E-state index < -0.39 is 0 Å². The predicted octanol–water partition coefficient (Wildman–Crippen LogP) is 2.66. The first-order chi connectivity index (χ1) is 12.6. The van der Waals surface area contributed by atoms with Crippen LogP contribution in [0.1, 0.15) is 49.4 Å². The minimum atomic E-state index is 0.0317. The van der Waals surface area contributed by atoms with Crippen molar-refractivity contribution in [3.63, 3.8) is 0 Å². The molecule has 4 fully saturated rings. The van der Waals surface area contributed by atoms with Crippen LogP contribution in [0.2, 0.25) is 0 Å². The van der Waals surface area contributed by atoms with Crippen LogP contribution >= 0.6 is 0 Å². The Labute approximate surface area is 155 Å². The molecule has 4 aliphatic rings. The first kappa shape index (κ1) is 17.4. The van der Waals surface area contributed by atoms with Gasteiger partial charge in [-0.05, 0) is 68.2 Å². The Morgan fingerprint density at radius 3 is 2.12 bits per heavy atom. The van der Waals surface area contributed by atoms with Crippen LogP contribution in [0.4, 0.5) is 5.69 Å². The first-order valence-corrected chi connectivity index (χ1v) is 10.00. The highest BCUT2D eigenvalue weighted by Crippen LogP contribution is 2.34. The second-order valence-corrected chi connectivity index (χ2v) is 8.28. The quantitative estimate of drug-likeness (QED) is 0.907. The van der Waals surface area contributed by atoms with Crippen molar-refractivity contribution >= 4 is 17.5 Å². The minimum Gasteiger partial charge on any atom is -0.369 e. The molecule has 3 saturated heterocycles. The van der Waals surface area contributed by atoms with E-state index >= 15 is 0 Å². The number of benzene rings is 1. The van der Waals surface area contributed by atoms with Gasteiger partial charge in [-0.15, -0.1) is 0 Å². The molecule has 1 unspecified atom stereocenters. The van der Waals surface area contributed by atoms with Crippen molar-refractivity contribution in [3.8, 4) is 0 Å². The molecule has 5 heteroatoms. The summed E-state index contributed by atoms with van der Waals surface area (Å²) in [6, 6.07) is 8.26. The molecule has 140 valence electrons. The average Bonchev–Trinajstić information content (AvgIpc) is 2.88. The molecule has 1 aromatic carbocycles. The van der Waals surface area contributed by atoms with Gasteiger partial charge in [-0.3, -0.25) is 9.59 Å². The molecular weight excluding hydrogens is 326 g/mol. The molecule has 1 aromatic rings. The molecule has 2 bridgehead atoms. The van der Waals surface area contributed by atoms with Gasteiger partial charge in [0.25, 0.3) is 5.91 Å². The van der Waals surface area contributed by atoms with Crippen LogP contribution in [0, 0.1) is 11.8 Å². The molecule has 26 heavy (non-hydrogen) atoms. The predicted molar refractivity (Wildman–Crippen MR) is 102 cm³/mol. The van der Waals surface area contributed by atoms with Crippen LogP contribution in [0.15, 0.2) is 24.3 Å². The standard InChI is InChI=1S/C21H29N3O2/c1-15(25)22-19-10-11-23(14-19)20-8-6-18(7-9-20)21(26)24-12-16-2-3-17(13-24)5-4-16/h6-9,16-17,19H,2-5,10-14H2,1H3,(H,22,25). The fraction of sp³-hybridized carbons (Fsp3) is 0.619. The van der Waals surface area contributed by atoms with E-state index in [1.807, 2.05) is 12.1 Å². The monoisotopic (exact) mass is 355 g/mol. The molecule has 1 aliphatic carbocycles. The number of hydrogen-bond acceptors (Lipinski definition) is 3. The van der Waals surface area contributed by atoms with E-state index in [-0.39, 0.29) is 17.9 Å². The van der Waals surface area contributed by atoms with E-state index in [2.05, 4.69) is 27.2 Å². The van der Waals surface area contributed by atoms with Crippen molar-refractivity contribution in [3.05, 3.63) is 29.8 Å². The van der Waals surface area contributed by atoms with E-state index in [1.54, 1.807) is 6.92 Å². The normalized spacial score (nSPS) is 28.1. The highest BCUT2D eigenvalue weighted by molar-refractivity contribution is 5.94. The maximum absolute atomic E-state index is 12.9. The second kappa shape index (κ2) is 7.29. The summed E-state index contributed by atoms with van der Waals surface area (Å²) < 4.78 is 0. The molecule has 1 atom stereocenters. The Bertz CT molecular complexity index is 650. The molecule has 2 amide bonds. The van der Waals surface area contributed by atoms with Crippen molar-refractivity contribution < 1.29 is 9.59 Å². The lowest BCUT2D eigenvalue weighted by Gasteiger charge is -2.23. The van der Waals surface area contributed by atoms with E-state index in [0.717, 1.165) is 43.9 Å². The summed E-state index contributed by atoms with van der Waals surface area (Å²) in [5.41, 5.74) is 1.93. The molecule has 0 radical (unpaired) electrons. The van der Waals surface area contributed by atoms with Crippen LogP contribution < -0.4 is 10.2 Å². The van der Waals surface area contributed by atoms with Crippen LogP contribution in [-0.4, -0.2) is 48.9 Å². The fourth-order valence-electron chi connectivity index (χ4n) is 4.86. The molecule has 0 aromatic heterocycles. The van der Waals surface area contributed by atoms with Crippen LogP contribution in [0.5, 0.6) is 0 Å².